The van der Waals surface area contributed by atoms with E-state index in [-0.39, 0.29) is 27.1 Å². The molecule has 96 valence electrons. The number of anilines is 1. The molecule has 19 heavy (non-hydrogen) atoms. The summed E-state index contributed by atoms with van der Waals surface area (Å²) in [5.74, 6) is -0.619. The highest BCUT2D eigenvalue weighted by Gasteiger charge is 2.11. The van der Waals surface area contributed by atoms with Gasteiger partial charge in [0.25, 0.3) is 0 Å². The lowest BCUT2D eigenvalue weighted by Gasteiger charge is -2.05. The summed E-state index contributed by atoms with van der Waals surface area (Å²) in [5.41, 5.74) is 0.157. The number of rotatable bonds is 3. The van der Waals surface area contributed by atoms with E-state index in [1.54, 1.807) is 0 Å². The van der Waals surface area contributed by atoms with Crippen LogP contribution in [-0.2, 0) is 0 Å². The second-order valence-electron chi connectivity index (χ2n) is 3.27. The highest BCUT2D eigenvalue weighted by Crippen LogP contribution is 2.30. The molecule has 9 heteroatoms. The number of allylic oxidation sites excluding steroid dienone is 1. The van der Waals surface area contributed by atoms with E-state index in [1.807, 2.05) is 6.07 Å². The van der Waals surface area contributed by atoms with Gasteiger partial charge in [0.2, 0.25) is 5.82 Å². The molecule has 0 amide bonds. The lowest BCUT2D eigenvalue weighted by Crippen LogP contribution is -1.96. The summed E-state index contributed by atoms with van der Waals surface area (Å²) in [5, 5.41) is 24.2. The first kappa shape index (κ1) is 13.3. The Hall–Kier alpha value is -2.17. The van der Waals surface area contributed by atoms with Crippen LogP contribution >= 0.6 is 23.2 Å². The zero-order chi connectivity index (χ0) is 13.8. The summed E-state index contributed by atoms with van der Waals surface area (Å²) < 4.78 is 13.7. The standard InChI is InChI=1S/C10H5Cl2FN6/c11-6-1-2-7(9(13)8(6)12)15-4-5(3-14)10-16-18-19-17-10/h1-2,4,15H,(H,16,17,18,19). The molecule has 0 unspecified atom stereocenters. The van der Waals surface area contributed by atoms with Crippen LogP contribution in [0.3, 0.4) is 0 Å². The van der Waals surface area contributed by atoms with Gasteiger partial charge < -0.3 is 5.32 Å². The number of hydrogen-bond acceptors (Lipinski definition) is 5. The highest BCUT2D eigenvalue weighted by atomic mass is 35.5. The third kappa shape index (κ3) is 2.81. The molecule has 0 aliphatic heterocycles. The molecule has 0 fully saturated rings. The second kappa shape index (κ2) is 5.65. The van der Waals surface area contributed by atoms with Crippen LogP contribution in [0, 0.1) is 17.1 Å². The molecule has 0 aliphatic rings. The predicted molar refractivity (Wildman–Crippen MR) is 67.8 cm³/mol. The Balaban J connectivity index is 2.28. The molecule has 0 spiro atoms. The lowest BCUT2D eigenvalue weighted by atomic mass is 10.2. The number of tetrazole rings is 1. The van der Waals surface area contributed by atoms with Crippen molar-refractivity contribution in [3.63, 3.8) is 0 Å². The number of halogens is 3. The molecule has 2 rings (SSSR count). The number of nitrogens with one attached hydrogen (secondary N) is 2. The van der Waals surface area contributed by atoms with Crippen LogP contribution in [0.4, 0.5) is 10.1 Å². The van der Waals surface area contributed by atoms with Gasteiger partial charge in [-0.05, 0) is 17.3 Å². The van der Waals surface area contributed by atoms with Crippen molar-refractivity contribution < 1.29 is 4.39 Å². The fraction of sp³-hybridized carbons (Fsp3) is 0. The van der Waals surface area contributed by atoms with E-state index in [0.29, 0.717) is 0 Å². The van der Waals surface area contributed by atoms with Gasteiger partial charge in [-0.1, -0.05) is 23.2 Å². The molecule has 1 heterocycles. The Kier molecular flexibility index (Phi) is 3.94. The molecular formula is C10H5Cl2FN6. The van der Waals surface area contributed by atoms with E-state index in [1.165, 1.54) is 18.3 Å². The van der Waals surface area contributed by atoms with Crippen LogP contribution in [0.1, 0.15) is 5.82 Å². The number of nitrogens with zero attached hydrogens (tertiary/aromatic N) is 4. The highest BCUT2D eigenvalue weighted by molar-refractivity contribution is 6.42. The van der Waals surface area contributed by atoms with Crippen molar-refractivity contribution in [2.45, 2.75) is 0 Å². The fourth-order valence-corrected chi connectivity index (χ4v) is 1.52. The molecule has 1 aromatic heterocycles. The number of H-pyrrole nitrogens is 1. The summed E-state index contributed by atoms with van der Waals surface area (Å²) in [6.45, 7) is 0. The van der Waals surface area contributed by atoms with E-state index in [0.717, 1.165) is 0 Å². The Morgan fingerprint density at radius 2 is 2.26 bits per heavy atom. The summed E-state index contributed by atoms with van der Waals surface area (Å²) in [6.07, 6.45) is 1.24. The van der Waals surface area contributed by atoms with E-state index in [2.05, 4.69) is 25.9 Å². The molecule has 2 aromatic rings. The van der Waals surface area contributed by atoms with Gasteiger partial charge >= 0.3 is 0 Å². The molecular weight excluding hydrogens is 294 g/mol. The third-order valence-electron chi connectivity index (χ3n) is 2.11. The molecule has 0 atom stereocenters. The monoisotopic (exact) mass is 298 g/mol. The number of nitriles is 1. The first-order valence-electron chi connectivity index (χ1n) is 4.87. The average Bonchev–Trinajstić information content (AvgIpc) is 2.93. The normalized spacial score (nSPS) is 11.2. The maximum Gasteiger partial charge on any atom is 0.216 e. The van der Waals surface area contributed by atoms with Gasteiger partial charge in [0, 0.05) is 6.20 Å². The van der Waals surface area contributed by atoms with Crippen LogP contribution < -0.4 is 5.32 Å². The number of benzene rings is 1. The van der Waals surface area contributed by atoms with Crippen molar-refractivity contribution in [3.05, 3.63) is 40.0 Å². The number of hydrogen-bond donors (Lipinski definition) is 2. The van der Waals surface area contributed by atoms with Crippen molar-refractivity contribution in [3.8, 4) is 6.07 Å². The van der Waals surface area contributed by atoms with E-state index in [4.69, 9.17) is 28.5 Å². The van der Waals surface area contributed by atoms with Crippen LogP contribution in [-0.4, -0.2) is 20.6 Å². The van der Waals surface area contributed by atoms with Gasteiger partial charge in [-0.15, -0.1) is 10.2 Å². The van der Waals surface area contributed by atoms with Gasteiger partial charge in [-0.3, -0.25) is 0 Å². The van der Waals surface area contributed by atoms with E-state index < -0.39 is 5.82 Å². The Bertz CT molecular complexity index is 661. The topological polar surface area (TPSA) is 90.3 Å². The van der Waals surface area contributed by atoms with Gasteiger partial charge in [-0.25, -0.2) is 4.39 Å². The predicted octanol–water partition coefficient (Wildman–Crippen LogP) is 2.62. The van der Waals surface area contributed by atoms with Crippen LogP contribution in [0.15, 0.2) is 18.3 Å². The fourth-order valence-electron chi connectivity index (χ4n) is 1.21. The minimum absolute atomic E-state index is 0.0747. The van der Waals surface area contributed by atoms with E-state index in [9.17, 15) is 4.39 Å². The van der Waals surface area contributed by atoms with Crippen LogP contribution in [0.5, 0.6) is 0 Å². The molecule has 0 saturated carbocycles. The zero-order valence-corrected chi connectivity index (χ0v) is 10.7. The van der Waals surface area contributed by atoms with Gasteiger partial charge in [0.1, 0.15) is 11.6 Å². The van der Waals surface area contributed by atoms with Crippen molar-refractivity contribution >= 4 is 34.5 Å². The number of aromatic nitrogens is 4. The lowest BCUT2D eigenvalue weighted by molar-refractivity contribution is 0.632. The van der Waals surface area contributed by atoms with E-state index >= 15 is 0 Å². The maximum atomic E-state index is 13.7. The molecule has 0 bridgehead atoms. The summed E-state index contributed by atoms with van der Waals surface area (Å²) >= 11 is 11.3. The Morgan fingerprint density at radius 3 is 2.89 bits per heavy atom. The summed E-state index contributed by atoms with van der Waals surface area (Å²) in [7, 11) is 0. The largest absolute Gasteiger partial charge is 0.358 e. The molecule has 2 N–H and O–H groups in total. The summed E-state index contributed by atoms with van der Waals surface area (Å²) in [6, 6.07) is 4.68. The Labute approximate surface area is 116 Å². The first-order valence-corrected chi connectivity index (χ1v) is 5.63. The van der Waals surface area contributed by atoms with Crippen molar-refractivity contribution in [2.75, 3.05) is 5.32 Å². The average molecular weight is 299 g/mol. The third-order valence-corrected chi connectivity index (χ3v) is 2.90. The van der Waals surface area contributed by atoms with Crippen LogP contribution in [0.2, 0.25) is 10.0 Å². The molecule has 0 aliphatic carbocycles. The zero-order valence-electron chi connectivity index (χ0n) is 9.15. The van der Waals surface area contributed by atoms with Crippen molar-refractivity contribution in [1.82, 2.24) is 20.6 Å². The smallest absolute Gasteiger partial charge is 0.216 e. The molecule has 6 nitrogen and oxygen atoms in total. The number of aromatic amines is 1. The SMILES string of the molecule is N#CC(=CNc1ccc(Cl)c(Cl)c1F)c1nn[nH]n1. The van der Waals surface area contributed by atoms with Gasteiger partial charge in [-0.2, -0.15) is 10.5 Å². The minimum atomic E-state index is -0.712. The maximum absolute atomic E-state index is 13.7. The van der Waals surface area contributed by atoms with Gasteiger partial charge in [0.15, 0.2) is 5.82 Å². The molecule has 0 saturated heterocycles. The first-order chi connectivity index (χ1) is 9.13. The molecule has 1 aromatic carbocycles. The molecule has 0 radical (unpaired) electrons. The quantitative estimate of drug-likeness (QED) is 0.671. The Morgan fingerprint density at radius 1 is 1.47 bits per heavy atom. The summed E-state index contributed by atoms with van der Waals surface area (Å²) in [4.78, 5) is 0. The minimum Gasteiger partial charge on any atom is -0.358 e. The van der Waals surface area contributed by atoms with Crippen molar-refractivity contribution in [2.24, 2.45) is 0 Å². The van der Waals surface area contributed by atoms with Crippen molar-refractivity contribution in [1.29, 1.82) is 5.26 Å². The van der Waals surface area contributed by atoms with Gasteiger partial charge in [0.05, 0.1) is 15.7 Å². The second-order valence-corrected chi connectivity index (χ2v) is 4.06. The van der Waals surface area contributed by atoms with Crippen LogP contribution in [0.25, 0.3) is 5.57 Å².